The van der Waals surface area contributed by atoms with E-state index < -0.39 is 47.7 Å². The van der Waals surface area contributed by atoms with Crippen LogP contribution < -0.4 is 11.2 Å². The molecule has 1 aromatic heterocycles. The van der Waals surface area contributed by atoms with Gasteiger partial charge in [0.15, 0.2) is 6.23 Å². The summed E-state index contributed by atoms with van der Waals surface area (Å²) in [5, 5.41) is 28.9. The van der Waals surface area contributed by atoms with Crippen LogP contribution in [0.15, 0.2) is 15.8 Å². The van der Waals surface area contributed by atoms with Crippen LogP contribution in [0.5, 0.6) is 0 Å². The summed E-state index contributed by atoms with van der Waals surface area (Å²) in [5.74, 6) is -1.23. The number of hydrogen-bond acceptors (Lipinski definition) is 6. The summed E-state index contributed by atoms with van der Waals surface area (Å²) in [6.07, 6.45) is -3.56. The van der Waals surface area contributed by atoms with Gasteiger partial charge in [-0.25, -0.2) is 4.79 Å². The molecule has 0 amide bonds. The molecule has 1 aromatic rings. The third-order valence-corrected chi connectivity index (χ3v) is 3.19. The van der Waals surface area contributed by atoms with Crippen molar-refractivity contribution >= 4 is 0 Å². The first-order valence-corrected chi connectivity index (χ1v) is 5.46. The van der Waals surface area contributed by atoms with E-state index in [1.807, 2.05) is 0 Å². The molecule has 4 N–H and O–H groups in total. The summed E-state index contributed by atoms with van der Waals surface area (Å²) in [6, 6.07) is 0. The molecule has 106 valence electrons. The van der Waals surface area contributed by atoms with Gasteiger partial charge in [-0.2, -0.15) is 4.39 Å². The summed E-state index contributed by atoms with van der Waals surface area (Å²) < 4.78 is 18.9. The van der Waals surface area contributed by atoms with Crippen molar-refractivity contribution in [3.8, 4) is 0 Å². The molecule has 1 fully saturated rings. The van der Waals surface area contributed by atoms with Crippen LogP contribution in [-0.4, -0.2) is 49.3 Å². The molecule has 8 nitrogen and oxygen atoms in total. The van der Waals surface area contributed by atoms with Crippen LogP contribution in [-0.2, 0) is 4.74 Å². The molecular weight excluding hydrogens is 263 g/mol. The highest BCUT2D eigenvalue weighted by molar-refractivity contribution is 5.01. The Bertz CT molecular complexity index is 594. The smallest absolute Gasteiger partial charge is 0.330 e. The molecule has 0 aliphatic carbocycles. The van der Waals surface area contributed by atoms with Gasteiger partial charge in [0, 0.05) is 0 Å². The molecule has 19 heavy (non-hydrogen) atoms. The van der Waals surface area contributed by atoms with Crippen molar-refractivity contribution in [3.05, 3.63) is 32.9 Å². The lowest BCUT2D eigenvalue weighted by Gasteiger charge is -2.25. The highest BCUT2D eigenvalue weighted by Gasteiger charge is 2.52. The molecule has 0 bridgehead atoms. The van der Waals surface area contributed by atoms with Crippen molar-refractivity contribution in [2.75, 3.05) is 6.61 Å². The van der Waals surface area contributed by atoms with Crippen molar-refractivity contribution in [1.82, 2.24) is 9.55 Å². The van der Waals surface area contributed by atoms with Crippen molar-refractivity contribution in [2.24, 2.45) is 0 Å². The Morgan fingerprint density at radius 2 is 2.21 bits per heavy atom. The predicted octanol–water partition coefficient (Wildman–Crippen LogP) is -2.32. The Morgan fingerprint density at radius 3 is 2.74 bits per heavy atom. The van der Waals surface area contributed by atoms with Gasteiger partial charge < -0.3 is 20.1 Å². The Labute approximate surface area is 105 Å². The monoisotopic (exact) mass is 276 g/mol. The Balaban J connectivity index is 2.47. The van der Waals surface area contributed by atoms with Crippen LogP contribution in [0, 0.1) is 5.82 Å². The summed E-state index contributed by atoms with van der Waals surface area (Å²) >= 11 is 0. The van der Waals surface area contributed by atoms with Gasteiger partial charge in [-0.1, -0.05) is 0 Å². The van der Waals surface area contributed by atoms with Crippen molar-refractivity contribution < 1.29 is 24.4 Å². The average Bonchev–Trinajstić information content (AvgIpc) is 2.56. The number of H-pyrrole nitrogens is 1. The minimum Gasteiger partial charge on any atom is -0.394 e. The molecule has 1 aliphatic heterocycles. The fourth-order valence-electron chi connectivity index (χ4n) is 1.95. The minimum absolute atomic E-state index is 0.574. The van der Waals surface area contributed by atoms with Crippen LogP contribution in [0.4, 0.5) is 4.39 Å². The molecule has 2 heterocycles. The summed E-state index contributed by atoms with van der Waals surface area (Å²) in [4.78, 5) is 24.1. The van der Waals surface area contributed by atoms with Gasteiger partial charge in [0.2, 0.25) is 5.82 Å². The van der Waals surface area contributed by atoms with E-state index in [0.717, 1.165) is 0 Å². The van der Waals surface area contributed by atoms with Crippen molar-refractivity contribution in [3.63, 3.8) is 0 Å². The van der Waals surface area contributed by atoms with E-state index in [4.69, 9.17) is 9.84 Å². The molecule has 4 atom stereocenters. The van der Waals surface area contributed by atoms with Gasteiger partial charge in [-0.3, -0.25) is 14.3 Å². The minimum atomic E-state index is -1.81. The van der Waals surface area contributed by atoms with Gasteiger partial charge in [0.25, 0.3) is 5.56 Å². The molecular formula is C10H13FN2O6. The SMILES string of the molecule is C[C@@]1(O)[C@@H](CO)O[C@@H](n2cc(F)c(=O)[nH]c2=O)[C@@H]1O. The van der Waals surface area contributed by atoms with E-state index in [1.54, 1.807) is 4.98 Å². The highest BCUT2D eigenvalue weighted by atomic mass is 19.1. The number of nitrogens with one attached hydrogen (secondary N) is 1. The molecule has 0 spiro atoms. The lowest BCUT2D eigenvalue weighted by Crippen LogP contribution is -2.47. The number of aromatic nitrogens is 2. The lowest BCUT2D eigenvalue weighted by molar-refractivity contribution is -0.0807. The number of halogens is 1. The van der Waals surface area contributed by atoms with E-state index in [0.29, 0.717) is 10.8 Å². The topological polar surface area (TPSA) is 125 Å². The van der Waals surface area contributed by atoms with Gasteiger partial charge in [-0.05, 0) is 6.92 Å². The van der Waals surface area contributed by atoms with Gasteiger partial charge in [0.05, 0.1) is 12.8 Å². The standard InChI is InChI=1S/C10H13FN2O6/c1-10(18)5(3-14)19-8(6(10)15)13-2-4(11)7(16)12-9(13)17/h2,5-6,8,14-15,18H,3H2,1H3,(H,12,16,17)/t5-,6+,8-,10-/m1/s1. The largest absolute Gasteiger partial charge is 0.394 e. The van der Waals surface area contributed by atoms with Crippen LogP contribution in [0.25, 0.3) is 0 Å². The third-order valence-electron chi connectivity index (χ3n) is 3.19. The maximum atomic E-state index is 13.2. The fraction of sp³-hybridized carbons (Fsp3) is 0.600. The molecule has 0 saturated carbocycles. The highest BCUT2D eigenvalue weighted by Crippen LogP contribution is 2.35. The summed E-state index contributed by atoms with van der Waals surface area (Å²) in [6.45, 7) is 0.618. The fourth-order valence-corrected chi connectivity index (χ4v) is 1.95. The molecule has 0 aromatic carbocycles. The average molecular weight is 276 g/mol. The number of hydrogen-bond donors (Lipinski definition) is 4. The second kappa shape index (κ2) is 4.53. The van der Waals surface area contributed by atoms with Crippen LogP contribution >= 0.6 is 0 Å². The maximum absolute atomic E-state index is 13.2. The van der Waals surface area contributed by atoms with E-state index in [1.165, 1.54) is 6.92 Å². The Kier molecular flexibility index (Phi) is 3.31. The Morgan fingerprint density at radius 1 is 1.58 bits per heavy atom. The van der Waals surface area contributed by atoms with E-state index >= 15 is 0 Å². The number of nitrogens with zero attached hydrogens (tertiary/aromatic N) is 1. The molecule has 9 heteroatoms. The maximum Gasteiger partial charge on any atom is 0.330 e. The molecule has 0 radical (unpaired) electrons. The second-order valence-electron chi connectivity index (χ2n) is 4.51. The molecule has 1 saturated heterocycles. The zero-order valence-corrected chi connectivity index (χ0v) is 9.91. The number of aliphatic hydroxyl groups is 3. The zero-order valence-electron chi connectivity index (χ0n) is 9.91. The number of aliphatic hydroxyl groups excluding tert-OH is 2. The summed E-state index contributed by atoms with van der Waals surface area (Å²) in [7, 11) is 0. The van der Waals surface area contributed by atoms with Gasteiger partial charge in [-0.15, -0.1) is 0 Å². The quantitative estimate of drug-likeness (QED) is 0.480. The number of ether oxygens (including phenoxy) is 1. The molecule has 1 aliphatic rings. The Hall–Kier alpha value is -1.55. The van der Waals surface area contributed by atoms with Crippen LogP contribution in [0.1, 0.15) is 13.2 Å². The van der Waals surface area contributed by atoms with Crippen molar-refractivity contribution in [2.45, 2.75) is 31.0 Å². The van der Waals surface area contributed by atoms with E-state index in [2.05, 4.69) is 0 Å². The molecule has 2 rings (SSSR count). The van der Waals surface area contributed by atoms with Crippen LogP contribution in [0.3, 0.4) is 0 Å². The van der Waals surface area contributed by atoms with Gasteiger partial charge in [0.1, 0.15) is 17.8 Å². The van der Waals surface area contributed by atoms with E-state index in [9.17, 15) is 24.2 Å². The first-order chi connectivity index (χ1) is 8.78. The first-order valence-electron chi connectivity index (χ1n) is 5.46. The first kappa shape index (κ1) is 13.9. The van der Waals surface area contributed by atoms with E-state index in [-0.39, 0.29) is 0 Å². The molecule has 0 unspecified atom stereocenters. The number of rotatable bonds is 2. The zero-order chi connectivity index (χ0) is 14.4. The predicted molar refractivity (Wildman–Crippen MR) is 58.9 cm³/mol. The van der Waals surface area contributed by atoms with Crippen molar-refractivity contribution in [1.29, 1.82) is 0 Å². The second-order valence-corrected chi connectivity index (χ2v) is 4.51. The number of aromatic amines is 1. The summed E-state index contributed by atoms with van der Waals surface area (Å²) in [5.41, 5.74) is -4.00. The van der Waals surface area contributed by atoms with Crippen LogP contribution in [0.2, 0.25) is 0 Å². The lowest BCUT2D eigenvalue weighted by atomic mass is 9.95. The third kappa shape index (κ3) is 2.10. The van der Waals surface area contributed by atoms with Gasteiger partial charge >= 0.3 is 5.69 Å². The normalized spacial score (nSPS) is 34.7.